The number of nitrogens with zero attached hydrogens (tertiary/aromatic N) is 1. The lowest BCUT2D eigenvalue weighted by Crippen LogP contribution is -2.33. The lowest BCUT2D eigenvalue weighted by molar-refractivity contribution is -0.0442. The molecule has 0 bridgehead atoms. The normalized spacial score (nSPS) is 18.1. The van der Waals surface area contributed by atoms with Crippen LogP contribution in [0.25, 0.3) is 10.9 Å². The Morgan fingerprint density at radius 1 is 1.25 bits per heavy atom. The van der Waals surface area contributed by atoms with E-state index >= 15 is 0 Å². The number of ether oxygens (including phenoxy) is 1. The van der Waals surface area contributed by atoms with E-state index in [-0.39, 0.29) is 6.10 Å². The van der Waals surface area contributed by atoms with Crippen molar-refractivity contribution in [2.45, 2.75) is 38.4 Å². The first kappa shape index (κ1) is 13.5. The summed E-state index contributed by atoms with van der Waals surface area (Å²) >= 11 is 0. The fourth-order valence-electron chi connectivity index (χ4n) is 2.73. The fourth-order valence-corrected chi connectivity index (χ4v) is 2.73. The van der Waals surface area contributed by atoms with Gasteiger partial charge in [0.1, 0.15) is 0 Å². The molecule has 1 aliphatic carbocycles. The van der Waals surface area contributed by atoms with Gasteiger partial charge in [0.25, 0.3) is 0 Å². The van der Waals surface area contributed by atoms with Crippen molar-refractivity contribution in [3.8, 4) is 0 Å². The molecule has 1 aromatic carbocycles. The minimum atomic E-state index is -0.462. The lowest BCUT2D eigenvalue weighted by Gasteiger charge is -2.22. The van der Waals surface area contributed by atoms with Gasteiger partial charge in [-0.15, -0.1) is 0 Å². The Hall–Kier alpha value is -1.45. The van der Waals surface area contributed by atoms with Gasteiger partial charge in [-0.1, -0.05) is 24.3 Å². The van der Waals surface area contributed by atoms with Crippen LogP contribution in [0.3, 0.4) is 0 Å². The van der Waals surface area contributed by atoms with Crippen LogP contribution < -0.4 is 0 Å². The number of hydrogen-bond acceptors (Lipinski definition) is 3. The van der Waals surface area contributed by atoms with Crippen molar-refractivity contribution in [3.63, 3.8) is 0 Å². The number of benzene rings is 1. The van der Waals surface area contributed by atoms with Gasteiger partial charge in [0.2, 0.25) is 0 Å². The van der Waals surface area contributed by atoms with Crippen molar-refractivity contribution >= 4 is 10.9 Å². The third kappa shape index (κ3) is 3.00. The van der Waals surface area contributed by atoms with Gasteiger partial charge in [-0.2, -0.15) is 0 Å². The first-order valence-electron chi connectivity index (χ1n) is 7.42. The van der Waals surface area contributed by atoms with E-state index in [1.807, 2.05) is 31.2 Å². The highest BCUT2D eigenvalue weighted by Crippen LogP contribution is 2.36. The van der Waals surface area contributed by atoms with Crippen molar-refractivity contribution in [2.75, 3.05) is 6.61 Å². The summed E-state index contributed by atoms with van der Waals surface area (Å²) in [4.78, 5) is 4.62. The molecule has 1 heterocycles. The summed E-state index contributed by atoms with van der Waals surface area (Å²) in [5, 5.41) is 11.5. The Labute approximate surface area is 119 Å². The van der Waals surface area contributed by atoms with Gasteiger partial charge in [0, 0.05) is 24.1 Å². The number of para-hydroxylation sites is 1. The van der Waals surface area contributed by atoms with Crippen LogP contribution in [-0.4, -0.2) is 28.9 Å². The van der Waals surface area contributed by atoms with E-state index in [0.717, 1.165) is 16.6 Å². The Morgan fingerprint density at radius 3 is 2.80 bits per heavy atom. The topological polar surface area (TPSA) is 42.4 Å². The molecular formula is C17H21NO2. The minimum Gasteiger partial charge on any atom is -0.390 e. The smallest absolute Gasteiger partial charge is 0.0865 e. The Morgan fingerprint density at radius 2 is 2.05 bits per heavy atom. The number of pyridine rings is 1. The molecular weight excluding hydrogens is 250 g/mol. The summed E-state index contributed by atoms with van der Waals surface area (Å²) in [5.41, 5.74) is 1.91. The van der Waals surface area contributed by atoms with E-state index in [1.54, 1.807) is 0 Å². The SMILES string of the molecule is CCOC(C(O)Cc1ccc2ccccc2n1)C1CC1. The molecule has 3 rings (SSSR count). The minimum absolute atomic E-state index is 0.0340. The number of aromatic nitrogens is 1. The maximum atomic E-state index is 10.4. The van der Waals surface area contributed by atoms with E-state index in [9.17, 15) is 5.11 Å². The number of aliphatic hydroxyl groups is 1. The first-order chi connectivity index (χ1) is 9.78. The average Bonchev–Trinajstić information content (AvgIpc) is 3.29. The van der Waals surface area contributed by atoms with Gasteiger partial charge < -0.3 is 9.84 Å². The number of fused-ring (bicyclic) bond motifs is 1. The molecule has 3 nitrogen and oxygen atoms in total. The van der Waals surface area contributed by atoms with Crippen molar-refractivity contribution in [1.82, 2.24) is 4.98 Å². The molecule has 0 spiro atoms. The van der Waals surface area contributed by atoms with E-state index in [0.29, 0.717) is 18.9 Å². The molecule has 2 atom stereocenters. The highest BCUT2D eigenvalue weighted by atomic mass is 16.5. The molecule has 0 radical (unpaired) electrons. The second kappa shape index (κ2) is 5.90. The molecule has 1 N–H and O–H groups in total. The predicted octanol–water partition coefficient (Wildman–Crippen LogP) is 2.95. The zero-order valence-electron chi connectivity index (χ0n) is 11.8. The van der Waals surface area contributed by atoms with Gasteiger partial charge in [0.15, 0.2) is 0 Å². The lowest BCUT2D eigenvalue weighted by atomic mass is 10.0. The van der Waals surface area contributed by atoms with E-state index in [4.69, 9.17) is 4.74 Å². The zero-order chi connectivity index (χ0) is 13.9. The third-order valence-corrected chi connectivity index (χ3v) is 3.90. The van der Waals surface area contributed by atoms with Crippen LogP contribution in [0.5, 0.6) is 0 Å². The molecule has 1 aromatic heterocycles. The number of hydrogen-bond donors (Lipinski definition) is 1. The monoisotopic (exact) mass is 271 g/mol. The highest BCUT2D eigenvalue weighted by Gasteiger charge is 2.36. The molecule has 2 unspecified atom stereocenters. The average molecular weight is 271 g/mol. The standard InChI is InChI=1S/C17H21NO2/c1-2-20-17(13-7-8-13)16(19)11-14-10-9-12-5-3-4-6-15(12)18-14/h3-6,9-10,13,16-17,19H,2,7-8,11H2,1H3. The fraction of sp³-hybridized carbons (Fsp3) is 0.471. The van der Waals surface area contributed by atoms with Gasteiger partial charge in [-0.3, -0.25) is 4.98 Å². The van der Waals surface area contributed by atoms with Crippen LogP contribution in [0.4, 0.5) is 0 Å². The van der Waals surface area contributed by atoms with E-state index in [1.165, 1.54) is 12.8 Å². The largest absolute Gasteiger partial charge is 0.390 e. The van der Waals surface area contributed by atoms with Gasteiger partial charge in [-0.05, 0) is 37.8 Å². The molecule has 0 saturated heterocycles. The summed E-state index contributed by atoms with van der Waals surface area (Å²) < 4.78 is 5.71. The van der Waals surface area contributed by atoms with Crippen LogP contribution in [-0.2, 0) is 11.2 Å². The van der Waals surface area contributed by atoms with Crippen molar-refractivity contribution in [1.29, 1.82) is 0 Å². The zero-order valence-corrected chi connectivity index (χ0v) is 11.8. The maximum absolute atomic E-state index is 10.4. The maximum Gasteiger partial charge on any atom is 0.0865 e. The van der Waals surface area contributed by atoms with Gasteiger partial charge in [-0.25, -0.2) is 0 Å². The van der Waals surface area contributed by atoms with Crippen LogP contribution in [0, 0.1) is 5.92 Å². The quantitative estimate of drug-likeness (QED) is 0.878. The van der Waals surface area contributed by atoms with E-state index in [2.05, 4.69) is 17.1 Å². The summed E-state index contributed by atoms with van der Waals surface area (Å²) in [6.45, 7) is 2.64. The molecule has 106 valence electrons. The van der Waals surface area contributed by atoms with Crippen LogP contribution >= 0.6 is 0 Å². The van der Waals surface area contributed by atoms with E-state index < -0.39 is 6.10 Å². The summed E-state index contributed by atoms with van der Waals surface area (Å²) in [7, 11) is 0. The Balaban J connectivity index is 1.74. The van der Waals surface area contributed by atoms with Gasteiger partial charge in [0.05, 0.1) is 17.7 Å². The van der Waals surface area contributed by atoms with Crippen LogP contribution in [0.1, 0.15) is 25.5 Å². The molecule has 1 saturated carbocycles. The molecule has 3 heteroatoms. The predicted molar refractivity (Wildman–Crippen MR) is 79.6 cm³/mol. The third-order valence-electron chi connectivity index (χ3n) is 3.90. The van der Waals surface area contributed by atoms with Crippen molar-refractivity contribution in [3.05, 3.63) is 42.1 Å². The van der Waals surface area contributed by atoms with Crippen molar-refractivity contribution in [2.24, 2.45) is 5.92 Å². The van der Waals surface area contributed by atoms with Crippen LogP contribution in [0.2, 0.25) is 0 Å². The molecule has 0 amide bonds. The molecule has 20 heavy (non-hydrogen) atoms. The molecule has 1 fully saturated rings. The van der Waals surface area contributed by atoms with Gasteiger partial charge >= 0.3 is 0 Å². The molecule has 0 aliphatic heterocycles. The first-order valence-corrected chi connectivity index (χ1v) is 7.42. The van der Waals surface area contributed by atoms with Crippen molar-refractivity contribution < 1.29 is 9.84 Å². The highest BCUT2D eigenvalue weighted by molar-refractivity contribution is 5.78. The summed E-state index contributed by atoms with van der Waals surface area (Å²) in [6.07, 6.45) is 2.41. The Kier molecular flexibility index (Phi) is 3.99. The summed E-state index contributed by atoms with van der Waals surface area (Å²) in [5.74, 6) is 0.533. The summed E-state index contributed by atoms with van der Waals surface area (Å²) in [6, 6.07) is 12.1. The number of rotatable bonds is 6. The second-order valence-electron chi connectivity index (χ2n) is 5.52. The Bertz CT molecular complexity index is 580. The molecule has 1 aliphatic rings. The molecule has 2 aromatic rings. The second-order valence-corrected chi connectivity index (χ2v) is 5.52. The number of aliphatic hydroxyl groups excluding tert-OH is 1. The van der Waals surface area contributed by atoms with Crippen LogP contribution in [0.15, 0.2) is 36.4 Å².